The third-order valence-corrected chi connectivity index (χ3v) is 4.97. The van der Waals surface area contributed by atoms with Gasteiger partial charge in [-0.25, -0.2) is 0 Å². The molecular formula is C20H24N2O3. The van der Waals surface area contributed by atoms with Gasteiger partial charge in [0.05, 0.1) is 16.8 Å². The monoisotopic (exact) mass is 340 g/mol. The summed E-state index contributed by atoms with van der Waals surface area (Å²) in [7, 11) is 0. The summed E-state index contributed by atoms with van der Waals surface area (Å²) in [5, 5.41) is 9.93. The molecule has 1 amide bonds. The van der Waals surface area contributed by atoms with Crippen molar-refractivity contribution in [2.75, 3.05) is 6.54 Å². The van der Waals surface area contributed by atoms with E-state index < -0.39 is 5.97 Å². The van der Waals surface area contributed by atoms with Crippen molar-refractivity contribution in [2.45, 2.75) is 52.0 Å². The molecule has 2 aromatic rings. The molecule has 1 aliphatic heterocycles. The molecule has 1 fully saturated rings. The van der Waals surface area contributed by atoms with Gasteiger partial charge in [-0.3, -0.25) is 14.6 Å². The van der Waals surface area contributed by atoms with E-state index in [1.54, 1.807) is 0 Å². The number of carbonyl (C=O) groups is 2. The first-order valence-electron chi connectivity index (χ1n) is 8.86. The van der Waals surface area contributed by atoms with Gasteiger partial charge in [0.25, 0.3) is 5.91 Å². The number of pyridine rings is 1. The molecule has 0 saturated carbocycles. The second-order valence-electron chi connectivity index (χ2n) is 6.90. The van der Waals surface area contributed by atoms with Crippen molar-refractivity contribution >= 4 is 22.8 Å². The Hall–Kier alpha value is -2.43. The van der Waals surface area contributed by atoms with Gasteiger partial charge in [-0.05, 0) is 57.7 Å². The van der Waals surface area contributed by atoms with Crippen molar-refractivity contribution in [3.63, 3.8) is 0 Å². The average Bonchev–Trinajstić information content (AvgIpc) is 2.59. The van der Waals surface area contributed by atoms with Crippen LogP contribution in [0.1, 0.15) is 53.7 Å². The van der Waals surface area contributed by atoms with Gasteiger partial charge in [0.15, 0.2) is 0 Å². The molecule has 3 rings (SSSR count). The summed E-state index contributed by atoms with van der Waals surface area (Å²) < 4.78 is 0. The number of nitrogens with zero attached hydrogens (tertiary/aromatic N) is 2. The standard InChI is InChI=1S/C20H24N2O3/c1-13-6-8-18-15(11-13)12-17(14(2)21-18)20(25)22-10-4-3-5-16(22)7-9-19(23)24/h6,8,11-12,16H,3-5,7,9-10H2,1-2H3,(H,23,24). The Morgan fingerprint density at radius 1 is 1.24 bits per heavy atom. The Bertz CT molecular complexity index is 816. The average molecular weight is 340 g/mol. The summed E-state index contributed by atoms with van der Waals surface area (Å²) in [5.74, 6) is -0.833. The fourth-order valence-corrected chi connectivity index (χ4v) is 3.62. The highest BCUT2D eigenvalue weighted by molar-refractivity contribution is 5.99. The molecule has 1 saturated heterocycles. The topological polar surface area (TPSA) is 70.5 Å². The molecule has 2 heterocycles. The van der Waals surface area contributed by atoms with E-state index in [1.165, 1.54) is 0 Å². The number of hydrogen-bond acceptors (Lipinski definition) is 3. The molecule has 5 heteroatoms. The normalized spacial score (nSPS) is 17.7. The Balaban J connectivity index is 1.91. The Kier molecular flexibility index (Phi) is 5.02. The molecule has 0 radical (unpaired) electrons. The lowest BCUT2D eigenvalue weighted by Crippen LogP contribution is -2.44. The molecule has 1 unspecified atom stereocenters. The second kappa shape index (κ2) is 7.21. The minimum Gasteiger partial charge on any atom is -0.481 e. The van der Waals surface area contributed by atoms with Crippen molar-refractivity contribution in [2.24, 2.45) is 0 Å². The molecule has 1 N–H and O–H groups in total. The van der Waals surface area contributed by atoms with Gasteiger partial charge in [0, 0.05) is 24.4 Å². The number of rotatable bonds is 4. The van der Waals surface area contributed by atoms with Crippen LogP contribution in [0.15, 0.2) is 24.3 Å². The van der Waals surface area contributed by atoms with E-state index in [-0.39, 0.29) is 18.4 Å². The maximum atomic E-state index is 13.1. The predicted molar refractivity (Wildman–Crippen MR) is 96.8 cm³/mol. The van der Waals surface area contributed by atoms with Crippen LogP contribution < -0.4 is 0 Å². The molecule has 132 valence electrons. The van der Waals surface area contributed by atoms with Gasteiger partial charge in [0.1, 0.15) is 0 Å². The Labute approximate surface area is 147 Å². The van der Waals surface area contributed by atoms with E-state index in [4.69, 9.17) is 5.11 Å². The van der Waals surface area contributed by atoms with Gasteiger partial charge < -0.3 is 10.0 Å². The number of carboxylic acid groups (broad SMARTS) is 1. The fourth-order valence-electron chi connectivity index (χ4n) is 3.62. The van der Waals surface area contributed by atoms with E-state index >= 15 is 0 Å². The van der Waals surface area contributed by atoms with Crippen molar-refractivity contribution in [3.05, 3.63) is 41.1 Å². The number of aliphatic carboxylic acids is 1. The maximum absolute atomic E-state index is 13.1. The summed E-state index contributed by atoms with van der Waals surface area (Å²) in [6.45, 7) is 4.57. The SMILES string of the molecule is Cc1ccc2nc(C)c(C(=O)N3CCCCC3CCC(=O)O)cc2c1. The summed E-state index contributed by atoms with van der Waals surface area (Å²) in [6.07, 6.45) is 3.50. The van der Waals surface area contributed by atoms with Gasteiger partial charge in [-0.2, -0.15) is 0 Å². The molecule has 1 aliphatic rings. The van der Waals surface area contributed by atoms with Crippen LogP contribution in [-0.2, 0) is 4.79 Å². The smallest absolute Gasteiger partial charge is 0.303 e. The maximum Gasteiger partial charge on any atom is 0.303 e. The summed E-state index contributed by atoms with van der Waals surface area (Å²) in [6, 6.07) is 7.96. The number of likely N-dealkylation sites (tertiary alicyclic amines) is 1. The highest BCUT2D eigenvalue weighted by Crippen LogP contribution is 2.25. The van der Waals surface area contributed by atoms with Crippen molar-refractivity contribution in [3.8, 4) is 0 Å². The molecule has 0 bridgehead atoms. The van der Waals surface area contributed by atoms with E-state index in [0.717, 1.165) is 41.4 Å². The molecule has 5 nitrogen and oxygen atoms in total. The first-order valence-corrected chi connectivity index (χ1v) is 8.86. The van der Waals surface area contributed by atoms with Crippen LogP contribution in [0, 0.1) is 13.8 Å². The highest BCUT2D eigenvalue weighted by atomic mass is 16.4. The van der Waals surface area contributed by atoms with Crippen molar-refractivity contribution in [1.29, 1.82) is 0 Å². The predicted octanol–water partition coefficient (Wildman–Crippen LogP) is 3.71. The zero-order valence-corrected chi connectivity index (χ0v) is 14.8. The molecule has 1 aromatic carbocycles. The zero-order chi connectivity index (χ0) is 18.0. The minimum absolute atomic E-state index is 0.00459. The van der Waals surface area contributed by atoms with Crippen LogP contribution in [-0.4, -0.2) is 39.5 Å². The van der Waals surface area contributed by atoms with Gasteiger partial charge in [0.2, 0.25) is 0 Å². The molecule has 25 heavy (non-hydrogen) atoms. The van der Waals surface area contributed by atoms with Crippen LogP contribution in [0.4, 0.5) is 0 Å². The third-order valence-electron chi connectivity index (χ3n) is 4.97. The van der Waals surface area contributed by atoms with Gasteiger partial charge in [-0.15, -0.1) is 0 Å². The largest absolute Gasteiger partial charge is 0.481 e. The molecule has 1 aromatic heterocycles. The zero-order valence-electron chi connectivity index (χ0n) is 14.8. The van der Waals surface area contributed by atoms with E-state index in [9.17, 15) is 9.59 Å². The first kappa shape index (κ1) is 17.4. The van der Waals surface area contributed by atoms with Crippen LogP contribution >= 0.6 is 0 Å². The minimum atomic E-state index is -0.808. The summed E-state index contributed by atoms with van der Waals surface area (Å²) in [5.41, 5.74) is 3.37. The van der Waals surface area contributed by atoms with Crippen LogP contribution in [0.5, 0.6) is 0 Å². The van der Waals surface area contributed by atoms with Crippen molar-refractivity contribution in [1.82, 2.24) is 9.88 Å². The quantitative estimate of drug-likeness (QED) is 0.921. The second-order valence-corrected chi connectivity index (χ2v) is 6.90. The summed E-state index contributed by atoms with van der Waals surface area (Å²) >= 11 is 0. The lowest BCUT2D eigenvalue weighted by Gasteiger charge is -2.36. The number of amides is 1. The Morgan fingerprint density at radius 3 is 2.80 bits per heavy atom. The number of piperidine rings is 1. The lowest BCUT2D eigenvalue weighted by molar-refractivity contribution is -0.137. The van der Waals surface area contributed by atoms with E-state index in [0.29, 0.717) is 18.5 Å². The summed E-state index contributed by atoms with van der Waals surface area (Å²) in [4.78, 5) is 30.5. The van der Waals surface area contributed by atoms with Gasteiger partial charge >= 0.3 is 5.97 Å². The number of benzene rings is 1. The van der Waals surface area contributed by atoms with Crippen LogP contribution in [0.3, 0.4) is 0 Å². The van der Waals surface area contributed by atoms with Crippen LogP contribution in [0.2, 0.25) is 0 Å². The fraction of sp³-hybridized carbons (Fsp3) is 0.450. The number of hydrogen-bond donors (Lipinski definition) is 1. The molecule has 0 spiro atoms. The Morgan fingerprint density at radius 2 is 2.04 bits per heavy atom. The third kappa shape index (κ3) is 3.81. The number of carboxylic acids is 1. The number of fused-ring (bicyclic) bond motifs is 1. The number of aromatic nitrogens is 1. The number of aryl methyl sites for hydroxylation is 2. The first-order chi connectivity index (χ1) is 12.0. The molecule has 1 atom stereocenters. The van der Waals surface area contributed by atoms with E-state index in [1.807, 2.05) is 43.0 Å². The van der Waals surface area contributed by atoms with Gasteiger partial charge in [-0.1, -0.05) is 11.6 Å². The number of carbonyl (C=O) groups excluding carboxylic acids is 1. The molecule has 0 aliphatic carbocycles. The highest BCUT2D eigenvalue weighted by Gasteiger charge is 2.29. The van der Waals surface area contributed by atoms with Crippen LogP contribution in [0.25, 0.3) is 10.9 Å². The lowest BCUT2D eigenvalue weighted by atomic mass is 9.96. The molecular weight excluding hydrogens is 316 g/mol. The van der Waals surface area contributed by atoms with E-state index in [2.05, 4.69) is 4.98 Å². The van der Waals surface area contributed by atoms with Crippen molar-refractivity contribution < 1.29 is 14.7 Å².